The molecule has 1 aliphatic carbocycles. The Hall–Kier alpha value is -3.21. The van der Waals surface area contributed by atoms with Crippen LogP contribution in [0.25, 0.3) is 0 Å². The second-order valence-electron chi connectivity index (χ2n) is 8.13. The van der Waals surface area contributed by atoms with Gasteiger partial charge in [-0.05, 0) is 36.5 Å². The number of ether oxygens (including phenoxy) is 1. The van der Waals surface area contributed by atoms with Gasteiger partial charge in [0.25, 0.3) is 0 Å². The average Bonchev–Trinajstić information content (AvgIpc) is 3.23. The summed E-state index contributed by atoms with van der Waals surface area (Å²) in [6.45, 7) is 5.51. The van der Waals surface area contributed by atoms with Crippen molar-refractivity contribution in [3.63, 3.8) is 0 Å². The second kappa shape index (κ2) is 8.14. The van der Waals surface area contributed by atoms with E-state index in [0.29, 0.717) is 11.3 Å². The van der Waals surface area contributed by atoms with Crippen LogP contribution < -0.4 is 4.90 Å². The number of carbonyl (C=O) groups excluding carboxylic acids is 3. The van der Waals surface area contributed by atoms with Gasteiger partial charge in [0.2, 0.25) is 11.8 Å². The number of hydrogen-bond acceptors (Lipinski definition) is 4. The first-order valence-corrected chi connectivity index (χ1v) is 10.9. The lowest BCUT2D eigenvalue weighted by atomic mass is 9.63. The van der Waals surface area contributed by atoms with Crippen LogP contribution in [-0.2, 0) is 24.5 Å². The number of imide groups is 1. The van der Waals surface area contributed by atoms with Crippen LogP contribution in [0.3, 0.4) is 0 Å². The van der Waals surface area contributed by atoms with E-state index in [2.05, 4.69) is 6.92 Å². The molecule has 2 aromatic rings. The average molecular weight is 418 g/mol. The van der Waals surface area contributed by atoms with Crippen LogP contribution >= 0.6 is 0 Å². The molecule has 0 unspecified atom stereocenters. The van der Waals surface area contributed by atoms with Gasteiger partial charge in [0.15, 0.2) is 0 Å². The Bertz CT molecular complexity index is 1060. The number of para-hydroxylation sites is 1. The van der Waals surface area contributed by atoms with E-state index < -0.39 is 17.3 Å². The van der Waals surface area contributed by atoms with Gasteiger partial charge in [-0.25, -0.2) is 9.69 Å². The zero-order valence-electron chi connectivity index (χ0n) is 18.1. The van der Waals surface area contributed by atoms with E-state index in [-0.39, 0.29) is 24.3 Å². The Labute approximate surface area is 182 Å². The summed E-state index contributed by atoms with van der Waals surface area (Å²) in [5, 5.41) is 0. The smallest absolute Gasteiger partial charge is 0.334 e. The molecule has 1 heterocycles. The number of carbonyl (C=O) groups is 3. The van der Waals surface area contributed by atoms with Crippen LogP contribution in [0.5, 0.6) is 0 Å². The third kappa shape index (κ3) is 3.02. The molecular formula is C26H27NO4. The first-order chi connectivity index (χ1) is 15.0. The molecule has 0 saturated carbocycles. The Morgan fingerprint density at radius 2 is 1.71 bits per heavy atom. The predicted molar refractivity (Wildman–Crippen MR) is 119 cm³/mol. The lowest BCUT2D eigenvalue weighted by molar-refractivity contribution is -0.138. The fourth-order valence-corrected chi connectivity index (χ4v) is 5.39. The number of fused-ring (bicyclic) bond motifs is 2. The molecule has 5 nitrogen and oxygen atoms in total. The predicted octanol–water partition coefficient (Wildman–Crippen LogP) is 4.52. The molecule has 2 amide bonds. The third-order valence-electron chi connectivity index (χ3n) is 6.44. The molecule has 0 saturated heterocycles. The molecule has 0 N–H and O–H groups in total. The molecule has 2 aliphatic rings. The molecule has 2 aromatic carbocycles. The Kier molecular flexibility index (Phi) is 5.52. The summed E-state index contributed by atoms with van der Waals surface area (Å²) in [6.07, 6.45) is 3.49. The van der Waals surface area contributed by atoms with E-state index in [9.17, 15) is 14.4 Å². The Balaban J connectivity index is 2.03. The molecule has 1 aliphatic heterocycles. The van der Waals surface area contributed by atoms with Crippen molar-refractivity contribution in [3.8, 4) is 0 Å². The molecule has 5 heteroatoms. The van der Waals surface area contributed by atoms with Crippen molar-refractivity contribution < 1.29 is 19.1 Å². The summed E-state index contributed by atoms with van der Waals surface area (Å²) >= 11 is 0. The molecule has 0 radical (unpaired) electrons. The Morgan fingerprint density at radius 3 is 2.35 bits per heavy atom. The quantitative estimate of drug-likeness (QED) is 0.671. The minimum atomic E-state index is -1.05. The highest BCUT2D eigenvalue weighted by atomic mass is 16.5. The van der Waals surface area contributed by atoms with E-state index in [1.807, 2.05) is 60.7 Å². The number of esters is 1. The minimum Gasteiger partial charge on any atom is -0.463 e. The minimum absolute atomic E-state index is 0.222. The highest BCUT2D eigenvalue weighted by Crippen LogP contribution is 2.61. The standard InChI is InChI=1S/C26H27NO4/c1-4-11-19-16-20(24(29)31-5-2)23(18-12-7-6-8-13-18)26(19)21-14-9-10-15-22(21)27(17(3)28)25(26)30/h6-10,12-16,19,23H,4-5,11H2,1-3H3/t19-,23+,26-/m1/s1. The molecule has 3 atom stereocenters. The number of hydrogen-bond donors (Lipinski definition) is 0. The van der Waals surface area contributed by atoms with E-state index in [1.165, 1.54) is 11.8 Å². The van der Waals surface area contributed by atoms with Crippen molar-refractivity contribution in [1.29, 1.82) is 0 Å². The van der Waals surface area contributed by atoms with Gasteiger partial charge < -0.3 is 4.74 Å². The fourth-order valence-electron chi connectivity index (χ4n) is 5.39. The first-order valence-electron chi connectivity index (χ1n) is 10.9. The van der Waals surface area contributed by atoms with E-state index >= 15 is 0 Å². The Morgan fingerprint density at radius 1 is 1.03 bits per heavy atom. The van der Waals surface area contributed by atoms with Gasteiger partial charge in [0, 0.05) is 18.4 Å². The normalized spacial score (nSPS) is 24.3. The number of rotatable bonds is 5. The van der Waals surface area contributed by atoms with E-state index in [1.54, 1.807) is 6.92 Å². The number of allylic oxidation sites excluding steroid dienone is 1. The number of amides is 2. The number of anilines is 1. The van der Waals surface area contributed by atoms with Crippen LogP contribution in [-0.4, -0.2) is 24.4 Å². The van der Waals surface area contributed by atoms with Gasteiger partial charge >= 0.3 is 5.97 Å². The van der Waals surface area contributed by atoms with Crippen molar-refractivity contribution in [2.75, 3.05) is 11.5 Å². The zero-order chi connectivity index (χ0) is 22.2. The number of nitrogens with zero attached hydrogens (tertiary/aromatic N) is 1. The summed E-state index contributed by atoms with van der Waals surface area (Å²) in [5.41, 5.74) is 1.73. The molecule has 0 bridgehead atoms. The van der Waals surface area contributed by atoms with Crippen LogP contribution in [0.2, 0.25) is 0 Å². The van der Waals surface area contributed by atoms with Crippen LogP contribution in [0.4, 0.5) is 5.69 Å². The largest absolute Gasteiger partial charge is 0.463 e. The molecule has 160 valence electrons. The lowest BCUT2D eigenvalue weighted by Crippen LogP contribution is -2.48. The van der Waals surface area contributed by atoms with Gasteiger partial charge in [0.1, 0.15) is 0 Å². The molecule has 0 aromatic heterocycles. The molecule has 31 heavy (non-hydrogen) atoms. The van der Waals surface area contributed by atoms with E-state index in [4.69, 9.17) is 4.74 Å². The zero-order valence-corrected chi connectivity index (χ0v) is 18.1. The highest BCUT2D eigenvalue weighted by Gasteiger charge is 2.64. The summed E-state index contributed by atoms with van der Waals surface area (Å²) in [7, 11) is 0. The van der Waals surface area contributed by atoms with Crippen LogP contribution in [0, 0.1) is 5.92 Å². The fraction of sp³-hybridized carbons (Fsp3) is 0.346. The highest BCUT2D eigenvalue weighted by molar-refractivity contribution is 6.23. The SMILES string of the molecule is CCC[C@@H]1C=C(C(=O)OCC)[C@H](c2ccccc2)[C@@]12C(=O)N(C(C)=O)c1ccccc12. The number of benzene rings is 2. The van der Waals surface area contributed by atoms with Crippen LogP contribution in [0.15, 0.2) is 66.2 Å². The van der Waals surface area contributed by atoms with Crippen molar-refractivity contribution >= 4 is 23.5 Å². The molecule has 4 rings (SSSR count). The maximum atomic E-state index is 14.1. The van der Waals surface area contributed by atoms with Gasteiger partial charge in [-0.15, -0.1) is 0 Å². The van der Waals surface area contributed by atoms with Crippen molar-refractivity contribution in [3.05, 3.63) is 77.4 Å². The van der Waals surface area contributed by atoms with Gasteiger partial charge in [0.05, 0.1) is 17.7 Å². The summed E-state index contributed by atoms with van der Waals surface area (Å²) < 4.78 is 5.41. The van der Waals surface area contributed by atoms with Gasteiger partial charge in [-0.3, -0.25) is 9.59 Å². The van der Waals surface area contributed by atoms with Gasteiger partial charge in [-0.1, -0.05) is 68.0 Å². The summed E-state index contributed by atoms with van der Waals surface area (Å²) in [6, 6.07) is 17.1. The monoisotopic (exact) mass is 417 g/mol. The molecule has 1 spiro atoms. The maximum absolute atomic E-state index is 14.1. The van der Waals surface area contributed by atoms with E-state index in [0.717, 1.165) is 24.0 Å². The van der Waals surface area contributed by atoms with Crippen molar-refractivity contribution in [2.24, 2.45) is 5.92 Å². The first kappa shape index (κ1) is 21.0. The second-order valence-corrected chi connectivity index (χ2v) is 8.13. The molecule has 0 fully saturated rings. The lowest BCUT2D eigenvalue weighted by Gasteiger charge is -2.37. The van der Waals surface area contributed by atoms with Crippen LogP contribution in [0.1, 0.15) is 50.7 Å². The van der Waals surface area contributed by atoms with Gasteiger partial charge in [-0.2, -0.15) is 0 Å². The van der Waals surface area contributed by atoms with Crippen molar-refractivity contribution in [2.45, 2.75) is 44.9 Å². The summed E-state index contributed by atoms with van der Waals surface area (Å²) in [5.74, 6) is -1.73. The topological polar surface area (TPSA) is 63.7 Å². The maximum Gasteiger partial charge on any atom is 0.334 e. The van der Waals surface area contributed by atoms with Crippen molar-refractivity contribution in [1.82, 2.24) is 0 Å². The summed E-state index contributed by atoms with van der Waals surface area (Å²) in [4.78, 5) is 41.1. The molecular weight excluding hydrogens is 390 g/mol. The third-order valence-corrected chi connectivity index (χ3v) is 6.44.